The highest BCUT2D eigenvalue weighted by Gasteiger charge is 2.48. The third-order valence-electron chi connectivity index (χ3n) is 4.42. The molecule has 0 saturated carbocycles. The van der Waals surface area contributed by atoms with Crippen molar-refractivity contribution in [1.82, 2.24) is 5.32 Å². The van der Waals surface area contributed by atoms with Gasteiger partial charge in [0.05, 0.1) is 0 Å². The zero-order valence-electron chi connectivity index (χ0n) is 10.3. The quantitative estimate of drug-likeness (QED) is 0.699. The summed E-state index contributed by atoms with van der Waals surface area (Å²) in [7, 11) is 0. The Kier molecular flexibility index (Phi) is 2.38. The van der Waals surface area contributed by atoms with E-state index in [0.29, 0.717) is 5.92 Å². The zero-order chi connectivity index (χ0) is 12.9. The number of carbonyl (C=O) groups is 1. The summed E-state index contributed by atoms with van der Waals surface area (Å²) in [6, 6.07) is 4.77. The molecule has 4 nitrogen and oxygen atoms in total. The molecule has 1 aliphatic heterocycles. The van der Waals surface area contributed by atoms with Crippen LogP contribution in [0.1, 0.15) is 24.5 Å². The molecule has 2 aliphatic rings. The second-order valence-corrected chi connectivity index (χ2v) is 5.71. The monoisotopic (exact) mass is 247 g/mol. The molecule has 1 saturated heterocycles. The van der Waals surface area contributed by atoms with Crippen LogP contribution in [0.25, 0.3) is 0 Å². The zero-order valence-corrected chi connectivity index (χ0v) is 10.3. The van der Waals surface area contributed by atoms with Gasteiger partial charge in [-0.3, -0.25) is 4.79 Å². The second kappa shape index (κ2) is 3.72. The van der Waals surface area contributed by atoms with Gasteiger partial charge in [0.15, 0.2) is 0 Å². The Hall–Kier alpha value is -1.55. The number of hydrogen-bond donors (Lipinski definition) is 3. The summed E-state index contributed by atoms with van der Waals surface area (Å²) in [5.41, 5.74) is 1.79. The van der Waals surface area contributed by atoms with Crippen molar-refractivity contribution in [2.45, 2.75) is 31.2 Å². The lowest BCUT2D eigenvalue weighted by Crippen LogP contribution is -2.60. The SMILES string of the molecule is C[C@]12C[C@H](CN[C@@H]1C(=O)O)Cc1cc(O)ccc12. The number of phenolic OH excluding ortho intramolecular Hbond substituents is 1. The first-order valence-corrected chi connectivity index (χ1v) is 6.29. The summed E-state index contributed by atoms with van der Waals surface area (Å²) in [4.78, 5) is 11.4. The molecule has 3 rings (SSSR count). The van der Waals surface area contributed by atoms with Crippen LogP contribution in [0.15, 0.2) is 18.2 Å². The smallest absolute Gasteiger partial charge is 0.321 e. The van der Waals surface area contributed by atoms with E-state index in [9.17, 15) is 15.0 Å². The van der Waals surface area contributed by atoms with Crippen molar-refractivity contribution in [3.05, 3.63) is 29.3 Å². The average molecular weight is 247 g/mol. The van der Waals surface area contributed by atoms with Crippen molar-refractivity contribution in [2.75, 3.05) is 6.54 Å². The van der Waals surface area contributed by atoms with Crippen LogP contribution >= 0.6 is 0 Å². The predicted octanol–water partition coefficient (Wildman–Crippen LogP) is 1.27. The van der Waals surface area contributed by atoms with Gasteiger partial charge in [0, 0.05) is 5.41 Å². The minimum absolute atomic E-state index is 0.261. The van der Waals surface area contributed by atoms with Crippen LogP contribution in [-0.4, -0.2) is 28.8 Å². The Morgan fingerprint density at radius 1 is 1.50 bits per heavy atom. The van der Waals surface area contributed by atoms with Crippen LogP contribution in [-0.2, 0) is 16.6 Å². The van der Waals surface area contributed by atoms with Crippen LogP contribution in [0.5, 0.6) is 5.75 Å². The second-order valence-electron chi connectivity index (χ2n) is 5.71. The number of aromatic hydroxyl groups is 1. The van der Waals surface area contributed by atoms with E-state index >= 15 is 0 Å². The maximum Gasteiger partial charge on any atom is 0.321 e. The van der Waals surface area contributed by atoms with Gasteiger partial charge in [-0.25, -0.2) is 0 Å². The van der Waals surface area contributed by atoms with Gasteiger partial charge in [-0.2, -0.15) is 0 Å². The molecule has 1 heterocycles. The molecule has 1 aromatic carbocycles. The van der Waals surface area contributed by atoms with Gasteiger partial charge in [-0.1, -0.05) is 13.0 Å². The van der Waals surface area contributed by atoms with Crippen molar-refractivity contribution >= 4 is 5.97 Å². The van der Waals surface area contributed by atoms with Crippen molar-refractivity contribution in [1.29, 1.82) is 0 Å². The number of phenols is 1. The van der Waals surface area contributed by atoms with Crippen molar-refractivity contribution in [3.8, 4) is 5.75 Å². The lowest BCUT2D eigenvalue weighted by atomic mass is 9.61. The molecular weight excluding hydrogens is 230 g/mol. The number of aliphatic carboxylic acids is 1. The first-order valence-electron chi connectivity index (χ1n) is 6.29. The highest BCUT2D eigenvalue weighted by molar-refractivity contribution is 5.77. The molecule has 0 spiro atoms. The van der Waals surface area contributed by atoms with E-state index in [1.807, 2.05) is 13.0 Å². The van der Waals surface area contributed by atoms with Crippen LogP contribution < -0.4 is 5.32 Å². The molecule has 1 fully saturated rings. The van der Waals surface area contributed by atoms with E-state index in [1.165, 1.54) is 0 Å². The Morgan fingerprint density at radius 2 is 2.28 bits per heavy atom. The topological polar surface area (TPSA) is 69.6 Å². The molecule has 0 amide bonds. The number of carboxylic acid groups (broad SMARTS) is 1. The lowest BCUT2D eigenvalue weighted by molar-refractivity contribution is -0.142. The summed E-state index contributed by atoms with van der Waals surface area (Å²) in [6.07, 6.45) is 1.81. The minimum Gasteiger partial charge on any atom is -0.508 e. The first-order chi connectivity index (χ1) is 8.50. The number of rotatable bonds is 1. The van der Waals surface area contributed by atoms with Gasteiger partial charge in [0.2, 0.25) is 0 Å². The first kappa shape index (κ1) is 11.5. The normalized spacial score (nSPS) is 33.8. The third-order valence-corrected chi connectivity index (χ3v) is 4.42. The molecular formula is C14H17NO3. The van der Waals surface area contributed by atoms with Crippen LogP contribution in [0.2, 0.25) is 0 Å². The summed E-state index contributed by atoms with van der Waals surface area (Å²) < 4.78 is 0. The Morgan fingerprint density at radius 3 is 3.00 bits per heavy atom. The molecule has 18 heavy (non-hydrogen) atoms. The Labute approximate surface area is 106 Å². The van der Waals surface area contributed by atoms with Gasteiger partial charge in [0.25, 0.3) is 0 Å². The number of hydrogen-bond acceptors (Lipinski definition) is 3. The largest absolute Gasteiger partial charge is 0.508 e. The number of fused-ring (bicyclic) bond motifs is 4. The third kappa shape index (κ3) is 1.52. The molecule has 0 unspecified atom stereocenters. The van der Waals surface area contributed by atoms with Gasteiger partial charge in [0.1, 0.15) is 11.8 Å². The van der Waals surface area contributed by atoms with E-state index in [4.69, 9.17) is 0 Å². The van der Waals surface area contributed by atoms with Gasteiger partial charge in [-0.05, 0) is 48.6 Å². The highest BCUT2D eigenvalue weighted by atomic mass is 16.4. The molecule has 1 aliphatic carbocycles. The fourth-order valence-electron chi connectivity index (χ4n) is 3.69. The summed E-state index contributed by atoms with van der Waals surface area (Å²) in [5.74, 6) is -0.0751. The van der Waals surface area contributed by atoms with Crippen LogP contribution in [0, 0.1) is 5.92 Å². The van der Waals surface area contributed by atoms with Gasteiger partial charge in [-0.15, -0.1) is 0 Å². The van der Waals surface area contributed by atoms with Crippen molar-refractivity contribution < 1.29 is 15.0 Å². The lowest BCUT2D eigenvalue weighted by Gasteiger charge is -2.48. The standard InChI is InChI=1S/C14H17NO3/c1-14-6-8(7-15-12(14)13(17)18)4-9-5-10(16)2-3-11(9)14/h2-3,5,8,12,15-16H,4,6-7H2,1H3,(H,17,18)/t8-,12-,14-/m1/s1. The maximum absolute atomic E-state index is 11.4. The van der Waals surface area contributed by atoms with Crippen LogP contribution in [0.4, 0.5) is 0 Å². The van der Waals surface area contributed by atoms with E-state index in [0.717, 1.165) is 30.5 Å². The van der Waals surface area contributed by atoms with E-state index in [-0.39, 0.29) is 11.2 Å². The van der Waals surface area contributed by atoms with Crippen molar-refractivity contribution in [2.24, 2.45) is 5.92 Å². The molecule has 3 N–H and O–H groups in total. The molecule has 96 valence electrons. The molecule has 4 heteroatoms. The van der Waals surface area contributed by atoms with Crippen molar-refractivity contribution in [3.63, 3.8) is 0 Å². The maximum atomic E-state index is 11.4. The highest BCUT2D eigenvalue weighted by Crippen LogP contribution is 2.45. The summed E-state index contributed by atoms with van der Waals surface area (Å²) in [5, 5.41) is 22.1. The summed E-state index contributed by atoms with van der Waals surface area (Å²) in [6.45, 7) is 2.75. The fraction of sp³-hybridized carbons (Fsp3) is 0.500. The average Bonchev–Trinajstić information content (AvgIpc) is 2.27. The molecule has 2 bridgehead atoms. The van der Waals surface area contributed by atoms with E-state index in [2.05, 4.69) is 5.32 Å². The number of carboxylic acids is 1. The fourth-order valence-corrected chi connectivity index (χ4v) is 3.69. The Bertz CT molecular complexity index is 514. The minimum atomic E-state index is -0.795. The Balaban J connectivity index is 2.14. The van der Waals surface area contributed by atoms with Gasteiger partial charge < -0.3 is 15.5 Å². The number of piperidine rings is 1. The number of nitrogens with one attached hydrogen (secondary N) is 1. The van der Waals surface area contributed by atoms with Crippen LogP contribution in [0.3, 0.4) is 0 Å². The molecule has 0 aromatic heterocycles. The number of benzene rings is 1. The van der Waals surface area contributed by atoms with E-state index in [1.54, 1.807) is 12.1 Å². The molecule has 0 radical (unpaired) electrons. The van der Waals surface area contributed by atoms with E-state index < -0.39 is 12.0 Å². The molecule has 3 atom stereocenters. The van der Waals surface area contributed by atoms with Gasteiger partial charge >= 0.3 is 5.97 Å². The molecule has 1 aromatic rings. The summed E-state index contributed by atoms with van der Waals surface area (Å²) >= 11 is 0. The predicted molar refractivity (Wildman–Crippen MR) is 66.7 cm³/mol.